The molecule has 3 rings (SSSR count). The van der Waals surface area contributed by atoms with Gasteiger partial charge in [-0.3, -0.25) is 0 Å². The maximum absolute atomic E-state index is 12.2. The van der Waals surface area contributed by atoms with E-state index in [4.69, 9.17) is 0 Å². The molecule has 1 aromatic rings. The highest BCUT2D eigenvalue weighted by Crippen LogP contribution is 2.41. The van der Waals surface area contributed by atoms with Crippen LogP contribution in [0.2, 0.25) is 0 Å². The molecule has 1 saturated carbocycles. The summed E-state index contributed by atoms with van der Waals surface area (Å²) >= 11 is 0. The third-order valence-electron chi connectivity index (χ3n) is 3.36. The summed E-state index contributed by atoms with van der Waals surface area (Å²) in [5.41, 5.74) is 3.00. The number of aryl methyl sites for hydroxylation is 1. The average molecular weight is 257 g/mol. The second-order valence-electron chi connectivity index (χ2n) is 4.94. The molecule has 1 aliphatic carbocycles. The minimum absolute atomic E-state index is 0.115. The number of aromatic nitrogens is 2. The molecule has 2 aliphatic rings. The molecule has 0 unspecified atom stereocenters. The Bertz CT molecular complexity index is 466. The first-order valence-electron chi connectivity index (χ1n) is 6.19. The number of fused-ring (bicyclic) bond motifs is 1. The van der Waals surface area contributed by atoms with Crippen LogP contribution in [-0.2, 0) is 19.5 Å². The Morgan fingerprint density at radius 1 is 1.17 bits per heavy atom. The third-order valence-corrected chi connectivity index (χ3v) is 3.36. The van der Waals surface area contributed by atoms with Crippen molar-refractivity contribution in [2.75, 3.05) is 0 Å². The van der Waals surface area contributed by atoms with Gasteiger partial charge in [0.25, 0.3) is 0 Å². The molecule has 98 valence electrons. The molecule has 1 aliphatic heterocycles. The van der Waals surface area contributed by atoms with Crippen molar-refractivity contribution in [2.24, 2.45) is 0 Å². The van der Waals surface area contributed by atoms with Crippen LogP contribution in [-0.4, -0.2) is 16.1 Å². The first kappa shape index (κ1) is 11.9. The number of nitrogens with zero attached hydrogens (tertiary/aromatic N) is 2. The molecule has 0 bridgehead atoms. The van der Waals surface area contributed by atoms with Crippen molar-refractivity contribution in [2.45, 2.75) is 50.9 Å². The summed E-state index contributed by atoms with van der Waals surface area (Å²) in [6, 6.07) is 0. The second-order valence-corrected chi connectivity index (χ2v) is 4.94. The summed E-state index contributed by atoms with van der Waals surface area (Å²) in [6.07, 6.45) is -2.90. The summed E-state index contributed by atoms with van der Waals surface area (Å²) in [6.45, 7) is 1.40. The molecule has 1 fully saturated rings. The summed E-state index contributed by atoms with van der Waals surface area (Å²) in [4.78, 5) is 8.61. The summed E-state index contributed by atoms with van der Waals surface area (Å²) in [7, 11) is 0. The van der Waals surface area contributed by atoms with Crippen LogP contribution in [0.4, 0.5) is 13.2 Å². The van der Waals surface area contributed by atoms with E-state index in [2.05, 4.69) is 15.3 Å². The summed E-state index contributed by atoms with van der Waals surface area (Å²) in [5, 5.41) is 3.19. The van der Waals surface area contributed by atoms with Gasteiger partial charge in [0.15, 0.2) is 0 Å². The number of rotatable bonds is 3. The van der Waals surface area contributed by atoms with Crippen molar-refractivity contribution >= 4 is 0 Å². The quantitative estimate of drug-likeness (QED) is 0.903. The zero-order valence-corrected chi connectivity index (χ0v) is 9.85. The summed E-state index contributed by atoms with van der Waals surface area (Å²) < 4.78 is 36.7. The monoisotopic (exact) mass is 257 g/mol. The molecule has 0 spiro atoms. The van der Waals surface area contributed by atoms with Gasteiger partial charge in [-0.2, -0.15) is 13.2 Å². The van der Waals surface area contributed by atoms with Crippen molar-refractivity contribution in [3.63, 3.8) is 0 Å². The predicted molar refractivity (Wildman–Crippen MR) is 58.9 cm³/mol. The Morgan fingerprint density at radius 2 is 1.94 bits per heavy atom. The maximum Gasteiger partial charge on any atom is 0.389 e. The van der Waals surface area contributed by atoms with E-state index in [1.165, 1.54) is 0 Å². The number of nitrogens with one attached hydrogen (secondary N) is 1. The summed E-state index contributed by atoms with van der Waals surface area (Å²) in [5.74, 6) is 0.794. The number of halogens is 3. The van der Waals surface area contributed by atoms with E-state index < -0.39 is 12.6 Å². The molecule has 0 radical (unpaired) electrons. The van der Waals surface area contributed by atoms with Crippen LogP contribution in [0, 0.1) is 0 Å². The predicted octanol–water partition coefficient (Wildman–Crippen LogP) is 2.45. The first-order chi connectivity index (χ1) is 8.53. The molecule has 1 aromatic heterocycles. The van der Waals surface area contributed by atoms with Gasteiger partial charge in [-0.05, 0) is 12.8 Å². The molecule has 0 atom stereocenters. The van der Waals surface area contributed by atoms with Crippen LogP contribution < -0.4 is 5.32 Å². The van der Waals surface area contributed by atoms with Crippen LogP contribution in [0.1, 0.15) is 48.0 Å². The molecule has 6 heteroatoms. The maximum atomic E-state index is 12.2. The number of hydrogen-bond acceptors (Lipinski definition) is 3. The Labute approximate surface area is 103 Å². The van der Waals surface area contributed by atoms with Crippen molar-refractivity contribution in [1.29, 1.82) is 0 Å². The van der Waals surface area contributed by atoms with E-state index in [1.807, 2.05) is 0 Å². The van der Waals surface area contributed by atoms with E-state index in [0.717, 1.165) is 36.3 Å². The highest BCUT2D eigenvalue weighted by molar-refractivity contribution is 5.33. The number of hydrogen-bond donors (Lipinski definition) is 1. The van der Waals surface area contributed by atoms with Crippen LogP contribution in [0.5, 0.6) is 0 Å². The molecule has 3 nitrogen and oxygen atoms in total. The highest BCUT2D eigenvalue weighted by Gasteiger charge is 2.32. The van der Waals surface area contributed by atoms with E-state index >= 15 is 0 Å². The van der Waals surface area contributed by atoms with E-state index in [9.17, 15) is 13.2 Å². The van der Waals surface area contributed by atoms with Crippen LogP contribution >= 0.6 is 0 Å². The lowest BCUT2D eigenvalue weighted by Crippen LogP contribution is -2.12. The van der Waals surface area contributed by atoms with Gasteiger partial charge in [0.1, 0.15) is 5.82 Å². The Balaban J connectivity index is 1.85. The Morgan fingerprint density at radius 3 is 2.61 bits per heavy atom. The molecule has 0 saturated heterocycles. The van der Waals surface area contributed by atoms with Gasteiger partial charge < -0.3 is 5.32 Å². The molecule has 1 N–H and O–H groups in total. The minimum Gasteiger partial charge on any atom is -0.307 e. The van der Waals surface area contributed by atoms with Gasteiger partial charge in [0, 0.05) is 31.0 Å². The fourth-order valence-electron chi connectivity index (χ4n) is 2.31. The van der Waals surface area contributed by atoms with Gasteiger partial charge in [0.05, 0.1) is 17.8 Å². The third kappa shape index (κ3) is 2.48. The first-order valence-corrected chi connectivity index (χ1v) is 6.19. The van der Waals surface area contributed by atoms with Crippen molar-refractivity contribution in [1.82, 2.24) is 15.3 Å². The SMILES string of the molecule is FC(F)(F)CCc1nc2c(c(C3CC3)n1)CNC2. The zero-order chi connectivity index (χ0) is 12.8. The molecule has 18 heavy (non-hydrogen) atoms. The topological polar surface area (TPSA) is 37.8 Å². The van der Waals surface area contributed by atoms with E-state index in [1.54, 1.807) is 0 Å². The van der Waals surface area contributed by atoms with E-state index in [-0.39, 0.29) is 6.42 Å². The van der Waals surface area contributed by atoms with Crippen molar-refractivity contribution in [3.05, 3.63) is 22.8 Å². The second kappa shape index (κ2) is 4.19. The van der Waals surface area contributed by atoms with Gasteiger partial charge >= 0.3 is 6.18 Å². The fraction of sp³-hybridized carbons (Fsp3) is 0.667. The van der Waals surface area contributed by atoms with Crippen LogP contribution in [0.3, 0.4) is 0 Å². The minimum atomic E-state index is -4.14. The molecule has 0 amide bonds. The lowest BCUT2D eigenvalue weighted by Gasteiger charge is -2.10. The highest BCUT2D eigenvalue weighted by atomic mass is 19.4. The van der Waals surface area contributed by atoms with Crippen LogP contribution in [0.25, 0.3) is 0 Å². The van der Waals surface area contributed by atoms with Gasteiger partial charge in [-0.1, -0.05) is 0 Å². The average Bonchev–Trinajstić information content (AvgIpc) is 3.03. The van der Waals surface area contributed by atoms with E-state index in [0.29, 0.717) is 18.3 Å². The molecular weight excluding hydrogens is 243 g/mol. The molecular formula is C12H14F3N3. The largest absolute Gasteiger partial charge is 0.389 e. The smallest absolute Gasteiger partial charge is 0.307 e. The van der Waals surface area contributed by atoms with Gasteiger partial charge in [0.2, 0.25) is 0 Å². The van der Waals surface area contributed by atoms with Crippen molar-refractivity contribution < 1.29 is 13.2 Å². The normalized spacial score (nSPS) is 19.1. The lowest BCUT2D eigenvalue weighted by atomic mass is 10.1. The van der Waals surface area contributed by atoms with Crippen molar-refractivity contribution in [3.8, 4) is 0 Å². The zero-order valence-electron chi connectivity index (χ0n) is 9.85. The van der Waals surface area contributed by atoms with Gasteiger partial charge in [-0.25, -0.2) is 9.97 Å². The fourth-order valence-corrected chi connectivity index (χ4v) is 2.31. The standard InChI is InChI=1S/C12H14F3N3/c13-12(14,15)4-3-10-17-9-6-16-5-8(9)11(18-10)7-1-2-7/h7,16H,1-6H2. The molecule has 0 aromatic carbocycles. The molecule has 2 heterocycles. The lowest BCUT2D eigenvalue weighted by molar-refractivity contribution is -0.134. The van der Waals surface area contributed by atoms with Gasteiger partial charge in [-0.15, -0.1) is 0 Å². The van der Waals surface area contributed by atoms with Crippen LogP contribution in [0.15, 0.2) is 0 Å². The Kier molecular flexibility index (Phi) is 2.77. The number of alkyl halides is 3. The Hall–Kier alpha value is -1.17.